The normalized spacial score (nSPS) is 19.5. The zero-order chi connectivity index (χ0) is 12.5. The molecule has 2 nitrogen and oxygen atoms in total. The molecule has 0 aromatic heterocycles. The Bertz CT molecular complexity index is 411. The van der Waals surface area contributed by atoms with Gasteiger partial charge in [0, 0.05) is 19.5 Å². The van der Waals surface area contributed by atoms with E-state index in [9.17, 15) is 8.78 Å². The highest BCUT2D eigenvalue weighted by atomic mass is 127. The van der Waals surface area contributed by atoms with Crippen LogP contribution in [0.25, 0.3) is 0 Å². The van der Waals surface area contributed by atoms with Crippen molar-refractivity contribution in [3.8, 4) is 5.75 Å². The third-order valence-electron chi connectivity index (χ3n) is 2.87. The van der Waals surface area contributed by atoms with Gasteiger partial charge in [-0.15, -0.1) is 0 Å². The van der Waals surface area contributed by atoms with Crippen molar-refractivity contribution in [2.75, 3.05) is 20.2 Å². The third kappa shape index (κ3) is 3.28. The topological polar surface area (TPSA) is 12.5 Å². The minimum Gasteiger partial charge on any atom is -0.496 e. The van der Waals surface area contributed by atoms with Crippen LogP contribution >= 0.6 is 22.6 Å². The number of nitrogens with zero attached hydrogens (tertiary/aromatic N) is 1. The van der Waals surface area contributed by atoms with Crippen LogP contribution in [0.15, 0.2) is 18.2 Å². The lowest BCUT2D eigenvalue weighted by Gasteiger charge is -2.16. The molecule has 0 spiro atoms. The molecule has 0 aliphatic carbocycles. The molecule has 1 aliphatic heterocycles. The van der Waals surface area contributed by atoms with E-state index in [1.165, 1.54) is 0 Å². The van der Waals surface area contributed by atoms with E-state index in [2.05, 4.69) is 22.6 Å². The zero-order valence-electron chi connectivity index (χ0n) is 9.55. The van der Waals surface area contributed by atoms with E-state index in [0.29, 0.717) is 13.1 Å². The van der Waals surface area contributed by atoms with Crippen LogP contribution in [0, 0.1) is 3.57 Å². The van der Waals surface area contributed by atoms with Gasteiger partial charge in [0.25, 0.3) is 5.92 Å². The molecule has 5 heteroatoms. The SMILES string of the molecule is COc1ccc(CN2CCC(F)(F)C2)cc1I. The average Bonchev–Trinajstić information content (AvgIpc) is 2.58. The van der Waals surface area contributed by atoms with E-state index < -0.39 is 5.92 Å². The Morgan fingerprint density at radius 1 is 1.47 bits per heavy atom. The van der Waals surface area contributed by atoms with Crippen molar-refractivity contribution < 1.29 is 13.5 Å². The van der Waals surface area contributed by atoms with E-state index in [1.807, 2.05) is 18.2 Å². The molecule has 1 aromatic carbocycles. The minimum absolute atomic E-state index is 0.0275. The number of rotatable bonds is 3. The summed E-state index contributed by atoms with van der Waals surface area (Å²) in [6.07, 6.45) is -0.0275. The quantitative estimate of drug-likeness (QED) is 0.775. The Labute approximate surface area is 113 Å². The minimum atomic E-state index is -2.51. The highest BCUT2D eigenvalue weighted by molar-refractivity contribution is 14.1. The van der Waals surface area contributed by atoms with Crippen LogP contribution in [0.4, 0.5) is 8.78 Å². The number of likely N-dealkylation sites (tertiary alicyclic amines) is 1. The van der Waals surface area contributed by atoms with Gasteiger partial charge >= 0.3 is 0 Å². The first-order valence-electron chi connectivity index (χ1n) is 5.43. The number of benzene rings is 1. The smallest absolute Gasteiger partial charge is 0.261 e. The Balaban J connectivity index is 2.02. The Kier molecular flexibility index (Phi) is 3.87. The van der Waals surface area contributed by atoms with Crippen molar-refractivity contribution in [1.29, 1.82) is 0 Å². The predicted octanol–water partition coefficient (Wildman–Crippen LogP) is 3.14. The molecular formula is C12H14F2INO. The molecule has 0 radical (unpaired) electrons. The Morgan fingerprint density at radius 3 is 2.76 bits per heavy atom. The summed E-state index contributed by atoms with van der Waals surface area (Å²) in [4.78, 5) is 1.79. The fourth-order valence-electron chi connectivity index (χ4n) is 2.01. The lowest BCUT2D eigenvalue weighted by atomic mass is 10.2. The van der Waals surface area contributed by atoms with E-state index in [0.717, 1.165) is 14.9 Å². The van der Waals surface area contributed by atoms with E-state index in [1.54, 1.807) is 12.0 Å². The van der Waals surface area contributed by atoms with Gasteiger partial charge in [-0.05, 0) is 40.3 Å². The summed E-state index contributed by atoms with van der Waals surface area (Å²) >= 11 is 2.19. The van der Waals surface area contributed by atoms with Crippen LogP contribution in [0.2, 0.25) is 0 Å². The van der Waals surface area contributed by atoms with Crippen molar-refractivity contribution in [1.82, 2.24) is 4.90 Å². The second-order valence-electron chi connectivity index (χ2n) is 4.29. The van der Waals surface area contributed by atoms with Crippen LogP contribution in [-0.4, -0.2) is 31.0 Å². The van der Waals surface area contributed by atoms with Crippen LogP contribution in [0.5, 0.6) is 5.75 Å². The molecule has 0 bridgehead atoms. The molecule has 0 saturated carbocycles. The molecule has 1 fully saturated rings. The first-order valence-corrected chi connectivity index (χ1v) is 6.51. The number of hydrogen-bond donors (Lipinski definition) is 0. The second kappa shape index (κ2) is 5.06. The summed E-state index contributed by atoms with van der Waals surface area (Å²) in [7, 11) is 1.62. The molecule has 1 heterocycles. The molecule has 17 heavy (non-hydrogen) atoms. The van der Waals surface area contributed by atoms with Crippen molar-refractivity contribution >= 4 is 22.6 Å². The van der Waals surface area contributed by atoms with Crippen LogP contribution in [0.3, 0.4) is 0 Å². The van der Waals surface area contributed by atoms with Crippen molar-refractivity contribution in [3.63, 3.8) is 0 Å². The standard InChI is InChI=1S/C12H14F2INO/c1-17-11-3-2-9(6-10(11)15)7-16-5-4-12(13,14)8-16/h2-3,6H,4-5,7-8H2,1H3. The molecule has 1 aliphatic rings. The number of alkyl halides is 2. The average molecular weight is 353 g/mol. The van der Waals surface area contributed by atoms with Crippen LogP contribution in [0.1, 0.15) is 12.0 Å². The maximum Gasteiger partial charge on any atom is 0.261 e. The summed E-state index contributed by atoms with van der Waals surface area (Å²) in [5.41, 5.74) is 1.05. The predicted molar refractivity (Wildman–Crippen MR) is 70.6 cm³/mol. The van der Waals surface area contributed by atoms with Crippen molar-refractivity contribution in [2.45, 2.75) is 18.9 Å². The van der Waals surface area contributed by atoms with Crippen LogP contribution in [-0.2, 0) is 6.54 Å². The van der Waals surface area contributed by atoms with Gasteiger partial charge in [0.2, 0.25) is 0 Å². The molecule has 2 rings (SSSR count). The highest BCUT2D eigenvalue weighted by Gasteiger charge is 2.37. The second-order valence-corrected chi connectivity index (χ2v) is 5.45. The lowest BCUT2D eigenvalue weighted by Crippen LogP contribution is -2.24. The Hall–Kier alpha value is -0.430. The molecule has 0 atom stereocenters. The summed E-state index contributed by atoms with van der Waals surface area (Å²) in [6, 6.07) is 5.79. The lowest BCUT2D eigenvalue weighted by molar-refractivity contribution is 0.0115. The molecule has 0 amide bonds. The van der Waals surface area contributed by atoms with E-state index in [4.69, 9.17) is 4.74 Å². The summed E-state index contributed by atoms with van der Waals surface area (Å²) in [6.45, 7) is 0.917. The van der Waals surface area contributed by atoms with Gasteiger partial charge in [-0.1, -0.05) is 6.07 Å². The maximum absolute atomic E-state index is 13.0. The fraction of sp³-hybridized carbons (Fsp3) is 0.500. The van der Waals surface area contributed by atoms with E-state index >= 15 is 0 Å². The highest BCUT2D eigenvalue weighted by Crippen LogP contribution is 2.29. The van der Waals surface area contributed by atoms with E-state index in [-0.39, 0.29) is 13.0 Å². The van der Waals surface area contributed by atoms with Crippen LogP contribution < -0.4 is 4.74 Å². The summed E-state index contributed by atoms with van der Waals surface area (Å²) in [5, 5.41) is 0. The number of methoxy groups -OCH3 is 1. The Morgan fingerprint density at radius 2 is 2.24 bits per heavy atom. The molecule has 1 aromatic rings. The monoisotopic (exact) mass is 353 g/mol. The molecule has 94 valence electrons. The summed E-state index contributed by atoms with van der Waals surface area (Å²) in [5.74, 6) is -1.69. The van der Waals surface area contributed by atoms with Gasteiger partial charge in [-0.3, -0.25) is 4.90 Å². The first kappa shape index (κ1) is 13.0. The number of halogens is 3. The molecule has 0 N–H and O–H groups in total. The van der Waals surface area contributed by atoms with Gasteiger partial charge < -0.3 is 4.74 Å². The molecule has 1 saturated heterocycles. The fourth-order valence-corrected chi connectivity index (χ4v) is 2.81. The zero-order valence-corrected chi connectivity index (χ0v) is 11.7. The first-order chi connectivity index (χ1) is 8.00. The largest absolute Gasteiger partial charge is 0.496 e. The third-order valence-corrected chi connectivity index (χ3v) is 3.71. The summed E-state index contributed by atoms with van der Waals surface area (Å²) < 4.78 is 32.2. The van der Waals surface area contributed by atoms with Crippen molar-refractivity contribution in [2.24, 2.45) is 0 Å². The van der Waals surface area contributed by atoms with Gasteiger partial charge in [-0.2, -0.15) is 0 Å². The molecule has 0 unspecified atom stereocenters. The molecular weight excluding hydrogens is 339 g/mol. The van der Waals surface area contributed by atoms with Gasteiger partial charge in [-0.25, -0.2) is 8.78 Å². The number of hydrogen-bond acceptors (Lipinski definition) is 2. The maximum atomic E-state index is 13.0. The number of ether oxygens (including phenoxy) is 1. The van der Waals surface area contributed by atoms with Gasteiger partial charge in [0.1, 0.15) is 5.75 Å². The van der Waals surface area contributed by atoms with Gasteiger partial charge in [0.05, 0.1) is 17.2 Å². The van der Waals surface area contributed by atoms with Gasteiger partial charge in [0.15, 0.2) is 0 Å². The van der Waals surface area contributed by atoms with Crippen molar-refractivity contribution in [3.05, 3.63) is 27.3 Å².